The quantitative estimate of drug-likeness (QED) is 0.882. The summed E-state index contributed by atoms with van der Waals surface area (Å²) in [5.41, 5.74) is 2.76. The topological polar surface area (TPSA) is 32.3 Å². The Morgan fingerprint density at radius 1 is 0.857 bits per heavy atom. The molecule has 0 aromatic heterocycles. The monoisotopic (exact) mass is 279 g/mol. The third-order valence-corrected chi connectivity index (χ3v) is 5.02. The third kappa shape index (κ3) is 2.29. The van der Waals surface area contributed by atoms with Gasteiger partial charge in [-0.1, -0.05) is 54.6 Å². The van der Waals surface area contributed by atoms with E-state index in [2.05, 4.69) is 47.8 Å². The Bertz CT molecular complexity index is 625. The van der Waals surface area contributed by atoms with Crippen LogP contribution < -0.4 is 5.32 Å². The molecule has 2 unspecified atom stereocenters. The highest BCUT2D eigenvalue weighted by atomic mass is 16.3. The molecule has 2 aliphatic rings. The molecule has 4 rings (SSSR count). The molecule has 0 spiro atoms. The van der Waals surface area contributed by atoms with Gasteiger partial charge in [0.1, 0.15) is 0 Å². The van der Waals surface area contributed by atoms with Crippen LogP contribution in [0, 0.1) is 0 Å². The predicted molar refractivity (Wildman–Crippen MR) is 85.0 cm³/mol. The van der Waals surface area contributed by atoms with Gasteiger partial charge in [0, 0.05) is 12.1 Å². The molecule has 0 saturated carbocycles. The SMILES string of the molecule is OC1(c2ccccc2-c2ccccc2)CC2CCC(C1)N2. The maximum Gasteiger partial charge on any atom is 0.0932 e. The van der Waals surface area contributed by atoms with Crippen LogP contribution in [-0.4, -0.2) is 17.2 Å². The Balaban J connectivity index is 1.79. The van der Waals surface area contributed by atoms with Gasteiger partial charge in [0.25, 0.3) is 0 Å². The lowest BCUT2D eigenvalue weighted by atomic mass is 9.78. The van der Waals surface area contributed by atoms with Crippen LogP contribution in [0.1, 0.15) is 31.2 Å². The number of rotatable bonds is 2. The molecule has 2 atom stereocenters. The molecule has 2 fully saturated rings. The van der Waals surface area contributed by atoms with Crippen molar-refractivity contribution >= 4 is 0 Å². The summed E-state index contributed by atoms with van der Waals surface area (Å²) in [6, 6.07) is 19.7. The van der Waals surface area contributed by atoms with Crippen LogP contribution in [0.25, 0.3) is 11.1 Å². The lowest BCUT2D eigenvalue weighted by molar-refractivity contribution is -0.0109. The van der Waals surface area contributed by atoms with Gasteiger partial charge in [0.2, 0.25) is 0 Å². The highest BCUT2D eigenvalue weighted by Crippen LogP contribution is 2.43. The molecule has 2 aromatic rings. The third-order valence-electron chi connectivity index (χ3n) is 5.02. The highest BCUT2D eigenvalue weighted by molar-refractivity contribution is 5.68. The smallest absolute Gasteiger partial charge is 0.0932 e. The zero-order valence-electron chi connectivity index (χ0n) is 12.1. The molecule has 0 aliphatic carbocycles. The lowest BCUT2D eigenvalue weighted by Crippen LogP contribution is -2.46. The van der Waals surface area contributed by atoms with Crippen LogP contribution in [0.4, 0.5) is 0 Å². The largest absolute Gasteiger partial charge is 0.385 e. The first-order valence-electron chi connectivity index (χ1n) is 7.88. The Morgan fingerprint density at radius 3 is 2.19 bits per heavy atom. The van der Waals surface area contributed by atoms with E-state index in [4.69, 9.17) is 0 Å². The van der Waals surface area contributed by atoms with E-state index in [1.54, 1.807) is 0 Å². The van der Waals surface area contributed by atoms with Crippen LogP contribution in [0.3, 0.4) is 0 Å². The van der Waals surface area contributed by atoms with Gasteiger partial charge in [-0.2, -0.15) is 0 Å². The molecule has 0 radical (unpaired) electrons. The van der Waals surface area contributed by atoms with Crippen molar-refractivity contribution in [3.8, 4) is 11.1 Å². The van der Waals surface area contributed by atoms with E-state index in [1.807, 2.05) is 12.1 Å². The van der Waals surface area contributed by atoms with Crippen LogP contribution in [-0.2, 0) is 5.60 Å². The van der Waals surface area contributed by atoms with E-state index < -0.39 is 5.60 Å². The lowest BCUT2D eigenvalue weighted by Gasteiger charge is -2.38. The van der Waals surface area contributed by atoms with Crippen molar-refractivity contribution in [1.29, 1.82) is 0 Å². The van der Waals surface area contributed by atoms with Crippen molar-refractivity contribution in [3.63, 3.8) is 0 Å². The van der Waals surface area contributed by atoms with E-state index in [1.165, 1.54) is 24.0 Å². The zero-order chi connectivity index (χ0) is 14.3. The first-order valence-corrected chi connectivity index (χ1v) is 7.88. The van der Waals surface area contributed by atoms with Gasteiger partial charge < -0.3 is 10.4 Å². The highest BCUT2D eigenvalue weighted by Gasteiger charge is 2.44. The Morgan fingerprint density at radius 2 is 1.48 bits per heavy atom. The summed E-state index contributed by atoms with van der Waals surface area (Å²) in [5, 5.41) is 14.9. The van der Waals surface area contributed by atoms with Crippen molar-refractivity contribution in [1.82, 2.24) is 5.32 Å². The molecule has 2 N–H and O–H groups in total. The minimum atomic E-state index is -0.691. The molecule has 21 heavy (non-hydrogen) atoms. The van der Waals surface area contributed by atoms with E-state index in [-0.39, 0.29) is 0 Å². The minimum Gasteiger partial charge on any atom is -0.385 e. The van der Waals surface area contributed by atoms with Crippen LogP contribution in [0.2, 0.25) is 0 Å². The van der Waals surface area contributed by atoms with E-state index >= 15 is 0 Å². The van der Waals surface area contributed by atoms with Crippen molar-refractivity contribution < 1.29 is 5.11 Å². The Kier molecular flexibility index (Phi) is 3.09. The second kappa shape index (κ2) is 4.97. The summed E-state index contributed by atoms with van der Waals surface area (Å²) in [4.78, 5) is 0. The molecule has 2 bridgehead atoms. The minimum absolute atomic E-state index is 0.470. The van der Waals surface area contributed by atoms with Crippen molar-refractivity contribution in [2.24, 2.45) is 0 Å². The van der Waals surface area contributed by atoms with Crippen LogP contribution in [0.15, 0.2) is 54.6 Å². The number of hydrogen-bond donors (Lipinski definition) is 2. The van der Waals surface area contributed by atoms with E-state index in [0.29, 0.717) is 12.1 Å². The molecular formula is C19H21NO. The van der Waals surface area contributed by atoms with Gasteiger partial charge in [-0.05, 0) is 42.4 Å². The molecule has 2 aliphatic heterocycles. The average Bonchev–Trinajstić information content (AvgIpc) is 2.88. The van der Waals surface area contributed by atoms with Crippen LogP contribution in [0.5, 0.6) is 0 Å². The normalized spacial score (nSPS) is 31.3. The summed E-state index contributed by atoms with van der Waals surface area (Å²) in [5.74, 6) is 0. The number of piperidine rings is 1. The standard InChI is InChI=1S/C19H21NO/c21-19(12-15-10-11-16(13-19)20-15)18-9-5-4-8-17(18)14-6-2-1-3-7-14/h1-9,15-16,20-21H,10-13H2. The maximum absolute atomic E-state index is 11.3. The first-order chi connectivity index (χ1) is 10.2. The molecule has 2 nitrogen and oxygen atoms in total. The van der Waals surface area contributed by atoms with Crippen molar-refractivity contribution in [2.45, 2.75) is 43.4 Å². The fourth-order valence-corrected chi connectivity index (χ4v) is 4.10. The number of hydrogen-bond acceptors (Lipinski definition) is 2. The molecule has 2 heterocycles. The molecule has 0 amide bonds. The molecular weight excluding hydrogens is 258 g/mol. The Hall–Kier alpha value is -1.64. The van der Waals surface area contributed by atoms with Gasteiger partial charge in [-0.3, -0.25) is 0 Å². The molecule has 108 valence electrons. The fraction of sp³-hybridized carbons (Fsp3) is 0.368. The predicted octanol–water partition coefficient (Wildman–Crippen LogP) is 3.46. The van der Waals surface area contributed by atoms with Crippen LogP contribution >= 0.6 is 0 Å². The second-order valence-corrected chi connectivity index (χ2v) is 6.49. The number of benzene rings is 2. The first kappa shape index (κ1) is 13.1. The number of fused-ring (bicyclic) bond motifs is 2. The number of aliphatic hydroxyl groups is 1. The van der Waals surface area contributed by atoms with Crippen molar-refractivity contribution in [3.05, 3.63) is 60.2 Å². The number of nitrogens with one attached hydrogen (secondary N) is 1. The van der Waals surface area contributed by atoms with Gasteiger partial charge in [-0.15, -0.1) is 0 Å². The Labute approximate surface area is 125 Å². The van der Waals surface area contributed by atoms with Crippen molar-refractivity contribution in [2.75, 3.05) is 0 Å². The summed E-state index contributed by atoms with van der Waals surface area (Å²) in [7, 11) is 0. The second-order valence-electron chi connectivity index (χ2n) is 6.49. The summed E-state index contributed by atoms with van der Waals surface area (Å²) < 4.78 is 0. The molecule has 2 saturated heterocycles. The van der Waals surface area contributed by atoms with Gasteiger partial charge in [0.05, 0.1) is 5.60 Å². The fourth-order valence-electron chi connectivity index (χ4n) is 4.10. The summed E-state index contributed by atoms with van der Waals surface area (Å²) in [6.07, 6.45) is 4.04. The summed E-state index contributed by atoms with van der Waals surface area (Å²) in [6.45, 7) is 0. The average molecular weight is 279 g/mol. The molecule has 2 heteroatoms. The zero-order valence-corrected chi connectivity index (χ0v) is 12.1. The van der Waals surface area contributed by atoms with E-state index in [0.717, 1.165) is 18.4 Å². The van der Waals surface area contributed by atoms with Gasteiger partial charge in [-0.25, -0.2) is 0 Å². The molecule has 2 aromatic carbocycles. The van der Waals surface area contributed by atoms with Gasteiger partial charge >= 0.3 is 0 Å². The van der Waals surface area contributed by atoms with Gasteiger partial charge in [0.15, 0.2) is 0 Å². The van der Waals surface area contributed by atoms with E-state index in [9.17, 15) is 5.11 Å². The summed E-state index contributed by atoms with van der Waals surface area (Å²) >= 11 is 0. The maximum atomic E-state index is 11.3.